The largest absolute Gasteiger partial charge is 0.374 e. The first-order valence-electron chi connectivity index (χ1n) is 8.61. The van der Waals surface area contributed by atoms with Crippen molar-refractivity contribution in [2.45, 2.75) is 20.0 Å². The van der Waals surface area contributed by atoms with Gasteiger partial charge in [-0.25, -0.2) is 0 Å². The van der Waals surface area contributed by atoms with Gasteiger partial charge in [-0.3, -0.25) is 14.6 Å². The smallest absolute Gasteiger partial charge is 0.238 e. The van der Waals surface area contributed by atoms with Crippen LogP contribution in [0.1, 0.15) is 13.8 Å². The summed E-state index contributed by atoms with van der Waals surface area (Å²) in [5, 5.41) is 3.65. The molecule has 2 rings (SSSR count). The van der Waals surface area contributed by atoms with Crippen molar-refractivity contribution in [3.63, 3.8) is 0 Å². The summed E-state index contributed by atoms with van der Waals surface area (Å²) in [6.07, 6.45) is 0.120. The second kappa shape index (κ2) is 9.74. The molecule has 7 heteroatoms. The predicted octanol–water partition coefficient (Wildman–Crippen LogP) is 3.22. The Morgan fingerprint density at radius 2 is 2.08 bits per heavy atom. The fraction of sp³-hybridized carbons (Fsp3) is 0.611. The van der Waals surface area contributed by atoms with E-state index in [2.05, 4.69) is 24.1 Å². The number of halogens is 2. The minimum atomic E-state index is -0.146. The van der Waals surface area contributed by atoms with Gasteiger partial charge in [-0.1, -0.05) is 43.1 Å². The Balaban J connectivity index is 1.81. The Labute approximate surface area is 160 Å². The molecule has 1 aliphatic rings. The summed E-state index contributed by atoms with van der Waals surface area (Å²) in [6, 6.07) is 5.15. The number of amides is 1. The minimum absolute atomic E-state index is 0.120. The Hall–Kier alpha value is -0.850. The third-order valence-corrected chi connectivity index (χ3v) is 4.63. The molecule has 1 saturated heterocycles. The molecule has 25 heavy (non-hydrogen) atoms. The van der Waals surface area contributed by atoms with Crippen molar-refractivity contribution in [2.24, 2.45) is 5.92 Å². The van der Waals surface area contributed by atoms with Crippen LogP contribution >= 0.6 is 23.2 Å². The molecule has 1 amide bonds. The molecule has 1 aromatic rings. The highest BCUT2D eigenvalue weighted by Crippen LogP contribution is 2.29. The lowest BCUT2D eigenvalue weighted by molar-refractivity contribution is -0.117. The minimum Gasteiger partial charge on any atom is -0.374 e. The quantitative estimate of drug-likeness (QED) is 0.779. The average molecular weight is 388 g/mol. The van der Waals surface area contributed by atoms with Crippen LogP contribution in [0.15, 0.2) is 18.2 Å². The fourth-order valence-electron chi connectivity index (χ4n) is 3.03. The highest BCUT2D eigenvalue weighted by atomic mass is 35.5. The normalized spacial score (nSPS) is 18.8. The van der Waals surface area contributed by atoms with E-state index in [-0.39, 0.29) is 18.6 Å². The van der Waals surface area contributed by atoms with Crippen LogP contribution in [0.5, 0.6) is 0 Å². The summed E-state index contributed by atoms with van der Waals surface area (Å²) in [5.41, 5.74) is 0.459. The van der Waals surface area contributed by atoms with Crippen LogP contribution in [0.4, 0.5) is 5.69 Å². The maximum Gasteiger partial charge on any atom is 0.238 e. The lowest BCUT2D eigenvalue weighted by atomic mass is 10.1. The Kier molecular flexibility index (Phi) is 7.97. The SMILES string of the molecule is CC(C)CN1CCO[C@H](CN(C)CC(=O)Nc2c(Cl)cccc2Cl)C1. The van der Waals surface area contributed by atoms with Crippen LogP contribution in [0, 0.1) is 5.92 Å². The van der Waals surface area contributed by atoms with Gasteiger partial charge in [0.1, 0.15) is 0 Å². The van der Waals surface area contributed by atoms with Crippen molar-refractivity contribution in [3.05, 3.63) is 28.2 Å². The molecule has 0 unspecified atom stereocenters. The van der Waals surface area contributed by atoms with Crippen LogP contribution in [0.25, 0.3) is 0 Å². The topological polar surface area (TPSA) is 44.8 Å². The zero-order chi connectivity index (χ0) is 18.4. The molecule has 0 radical (unpaired) electrons. The van der Waals surface area contributed by atoms with E-state index in [1.807, 2.05) is 11.9 Å². The van der Waals surface area contributed by atoms with E-state index in [9.17, 15) is 4.79 Å². The number of carbonyl (C=O) groups is 1. The first kappa shape index (κ1) is 20.5. The highest BCUT2D eigenvalue weighted by Gasteiger charge is 2.23. The van der Waals surface area contributed by atoms with Gasteiger partial charge in [0.25, 0.3) is 0 Å². The zero-order valence-corrected chi connectivity index (χ0v) is 16.6. The summed E-state index contributed by atoms with van der Waals surface area (Å²) in [5.74, 6) is 0.495. The van der Waals surface area contributed by atoms with Crippen molar-refractivity contribution < 1.29 is 9.53 Å². The Bertz CT molecular complexity index is 563. The number of ether oxygens (including phenoxy) is 1. The molecule has 0 bridgehead atoms. The lowest BCUT2D eigenvalue weighted by Gasteiger charge is -2.35. The van der Waals surface area contributed by atoms with Crippen LogP contribution in [0.2, 0.25) is 10.0 Å². The van der Waals surface area contributed by atoms with E-state index in [0.29, 0.717) is 28.2 Å². The number of rotatable bonds is 7. The highest BCUT2D eigenvalue weighted by molar-refractivity contribution is 6.39. The number of nitrogens with one attached hydrogen (secondary N) is 1. The molecule has 1 aromatic carbocycles. The maximum atomic E-state index is 12.3. The number of hydrogen-bond acceptors (Lipinski definition) is 4. The molecule has 0 saturated carbocycles. The van der Waals surface area contributed by atoms with Gasteiger partial charge >= 0.3 is 0 Å². The van der Waals surface area contributed by atoms with Crippen LogP contribution in [-0.2, 0) is 9.53 Å². The standard InChI is InChI=1S/C18H27Cl2N3O2/c1-13(2)9-23-7-8-25-14(11-23)10-22(3)12-17(24)21-18-15(19)5-4-6-16(18)20/h4-6,13-14H,7-12H2,1-3H3,(H,21,24)/t14-/m1/s1. The van der Waals surface area contributed by atoms with E-state index in [1.165, 1.54) is 0 Å². The number of morpholine rings is 1. The van der Waals surface area contributed by atoms with Gasteiger partial charge in [0, 0.05) is 26.2 Å². The number of anilines is 1. The first-order chi connectivity index (χ1) is 11.8. The van der Waals surface area contributed by atoms with Gasteiger partial charge in [0.05, 0.1) is 35.0 Å². The van der Waals surface area contributed by atoms with E-state index >= 15 is 0 Å². The second-order valence-electron chi connectivity index (χ2n) is 6.99. The van der Waals surface area contributed by atoms with Crippen molar-refractivity contribution >= 4 is 34.8 Å². The average Bonchev–Trinajstić information content (AvgIpc) is 2.50. The number of benzene rings is 1. The van der Waals surface area contributed by atoms with E-state index in [4.69, 9.17) is 27.9 Å². The molecule has 1 N–H and O–H groups in total. The van der Waals surface area contributed by atoms with Gasteiger partial charge in [-0.2, -0.15) is 0 Å². The molecule has 140 valence electrons. The molecule has 0 spiro atoms. The molecule has 1 heterocycles. The molecule has 5 nitrogen and oxygen atoms in total. The molecule has 1 aliphatic heterocycles. The summed E-state index contributed by atoms with van der Waals surface area (Å²) in [4.78, 5) is 16.6. The van der Waals surface area contributed by atoms with Gasteiger partial charge in [-0.15, -0.1) is 0 Å². The molecular weight excluding hydrogens is 361 g/mol. The summed E-state index contributed by atoms with van der Waals surface area (Å²) in [7, 11) is 1.92. The van der Waals surface area contributed by atoms with E-state index in [1.54, 1.807) is 18.2 Å². The number of likely N-dealkylation sites (N-methyl/N-ethyl adjacent to an activating group) is 1. The van der Waals surface area contributed by atoms with Gasteiger partial charge in [0.15, 0.2) is 0 Å². The Morgan fingerprint density at radius 1 is 1.40 bits per heavy atom. The third-order valence-electron chi connectivity index (χ3n) is 4.00. The number of hydrogen-bond donors (Lipinski definition) is 1. The monoisotopic (exact) mass is 387 g/mol. The van der Waals surface area contributed by atoms with Crippen LogP contribution < -0.4 is 5.32 Å². The second-order valence-corrected chi connectivity index (χ2v) is 7.80. The van der Waals surface area contributed by atoms with E-state index in [0.717, 1.165) is 26.2 Å². The molecule has 0 aliphatic carbocycles. The number of nitrogens with zero attached hydrogens (tertiary/aromatic N) is 2. The third kappa shape index (κ3) is 6.76. The summed E-state index contributed by atoms with van der Waals surface area (Å²) < 4.78 is 5.84. The van der Waals surface area contributed by atoms with Crippen molar-refractivity contribution in [1.29, 1.82) is 0 Å². The van der Waals surface area contributed by atoms with Crippen LogP contribution in [-0.4, -0.2) is 68.2 Å². The number of carbonyl (C=O) groups excluding carboxylic acids is 1. The van der Waals surface area contributed by atoms with Gasteiger partial charge in [-0.05, 0) is 25.1 Å². The summed E-state index contributed by atoms with van der Waals surface area (Å²) >= 11 is 12.2. The summed E-state index contributed by atoms with van der Waals surface area (Å²) in [6.45, 7) is 9.11. The van der Waals surface area contributed by atoms with Crippen molar-refractivity contribution in [2.75, 3.05) is 51.7 Å². The van der Waals surface area contributed by atoms with Crippen molar-refractivity contribution in [1.82, 2.24) is 9.80 Å². The molecular formula is C18H27Cl2N3O2. The van der Waals surface area contributed by atoms with Crippen molar-refractivity contribution in [3.8, 4) is 0 Å². The first-order valence-corrected chi connectivity index (χ1v) is 9.37. The van der Waals surface area contributed by atoms with Gasteiger partial charge in [0.2, 0.25) is 5.91 Å². The fourth-order valence-corrected chi connectivity index (χ4v) is 3.52. The molecule has 1 fully saturated rings. The Morgan fingerprint density at radius 3 is 2.72 bits per heavy atom. The number of para-hydroxylation sites is 1. The molecule has 1 atom stereocenters. The zero-order valence-electron chi connectivity index (χ0n) is 15.1. The predicted molar refractivity (Wildman–Crippen MR) is 104 cm³/mol. The molecule has 0 aromatic heterocycles. The van der Waals surface area contributed by atoms with Gasteiger partial charge < -0.3 is 10.1 Å². The lowest BCUT2D eigenvalue weighted by Crippen LogP contribution is -2.48. The van der Waals surface area contributed by atoms with Crippen LogP contribution in [0.3, 0.4) is 0 Å². The van der Waals surface area contributed by atoms with E-state index < -0.39 is 0 Å². The maximum absolute atomic E-state index is 12.3.